The van der Waals surface area contributed by atoms with E-state index in [1.54, 1.807) is 0 Å². The van der Waals surface area contributed by atoms with Crippen molar-refractivity contribution in [2.75, 3.05) is 19.0 Å². The van der Waals surface area contributed by atoms with E-state index in [9.17, 15) is 14.9 Å². The molecule has 1 aromatic heterocycles. The first-order valence-electron chi connectivity index (χ1n) is 8.08. The molecule has 0 aliphatic carbocycles. The summed E-state index contributed by atoms with van der Waals surface area (Å²) in [6.45, 7) is 3.86. The number of amides is 1. The highest BCUT2D eigenvalue weighted by molar-refractivity contribution is 5.98. The second-order valence-electron chi connectivity index (χ2n) is 5.61. The molecule has 0 radical (unpaired) electrons. The Morgan fingerprint density at radius 3 is 2.65 bits per heavy atom. The van der Waals surface area contributed by atoms with Gasteiger partial charge in [-0.2, -0.15) is 5.26 Å². The van der Waals surface area contributed by atoms with Gasteiger partial charge in [0.2, 0.25) is 11.8 Å². The lowest BCUT2D eigenvalue weighted by Crippen LogP contribution is -2.13. The second-order valence-corrected chi connectivity index (χ2v) is 5.61. The Morgan fingerprint density at radius 2 is 2.00 bits per heavy atom. The predicted molar refractivity (Wildman–Crippen MR) is 94.0 cm³/mol. The first-order chi connectivity index (χ1) is 12.5. The van der Waals surface area contributed by atoms with Gasteiger partial charge in [-0.25, -0.2) is 4.79 Å². The van der Waals surface area contributed by atoms with Gasteiger partial charge in [-0.15, -0.1) is 0 Å². The second kappa shape index (κ2) is 8.72. The Bertz CT molecular complexity index is 848. The normalized spacial score (nSPS) is 10.1. The first kappa shape index (κ1) is 19.1. The minimum Gasteiger partial charge on any atom is -0.493 e. The number of nitrogens with one attached hydrogen (secondary N) is 1. The van der Waals surface area contributed by atoms with E-state index < -0.39 is 5.97 Å². The predicted octanol–water partition coefficient (Wildman–Crippen LogP) is 3.35. The molecular weight excluding hydrogens is 336 g/mol. The number of methoxy groups -OCH3 is 1. The Kier molecular flexibility index (Phi) is 6.39. The third-order valence-electron chi connectivity index (χ3n) is 3.74. The summed E-state index contributed by atoms with van der Waals surface area (Å²) in [7, 11) is 1.21. The molecule has 1 N–H and O–H groups in total. The van der Waals surface area contributed by atoms with Crippen LogP contribution in [0, 0.1) is 25.2 Å². The van der Waals surface area contributed by atoms with Crippen molar-refractivity contribution >= 4 is 17.8 Å². The van der Waals surface area contributed by atoms with Gasteiger partial charge in [0.25, 0.3) is 0 Å². The number of hydrogen-bond acceptors (Lipinski definition) is 6. The number of nitriles is 1. The molecule has 1 aromatic carbocycles. The number of ether oxygens (including phenoxy) is 2. The molecule has 0 saturated carbocycles. The number of rotatable bonds is 7. The van der Waals surface area contributed by atoms with Crippen molar-refractivity contribution in [3.8, 4) is 11.8 Å². The van der Waals surface area contributed by atoms with E-state index in [2.05, 4.69) is 10.1 Å². The van der Waals surface area contributed by atoms with Crippen molar-refractivity contribution in [3.63, 3.8) is 0 Å². The Labute approximate surface area is 151 Å². The van der Waals surface area contributed by atoms with Gasteiger partial charge in [0.05, 0.1) is 13.7 Å². The summed E-state index contributed by atoms with van der Waals surface area (Å²) in [5.74, 6) is -0.0687. The van der Waals surface area contributed by atoms with Crippen LogP contribution in [0.15, 0.2) is 28.7 Å². The number of furan rings is 1. The SMILES string of the molecule is COC(=O)c1c(C)oc(NC(=O)CCCOc2ccccc2C)c1C#N. The number of esters is 1. The van der Waals surface area contributed by atoms with Crippen LogP contribution in [0.2, 0.25) is 0 Å². The van der Waals surface area contributed by atoms with Gasteiger partial charge in [0, 0.05) is 6.42 Å². The molecule has 0 spiro atoms. The average molecular weight is 356 g/mol. The summed E-state index contributed by atoms with van der Waals surface area (Å²) in [6, 6.07) is 9.50. The van der Waals surface area contributed by atoms with Crippen molar-refractivity contribution in [2.45, 2.75) is 26.7 Å². The molecule has 0 atom stereocenters. The maximum atomic E-state index is 12.1. The minimum atomic E-state index is -0.685. The van der Waals surface area contributed by atoms with Crippen LogP contribution < -0.4 is 10.1 Å². The summed E-state index contributed by atoms with van der Waals surface area (Å²) in [5.41, 5.74) is 1.00. The van der Waals surface area contributed by atoms with Crippen molar-refractivity contribution in [3.05, 3.63) is 46.7 Å². The fourth-order valence-corrected chi connectivity index (χ4v) is 2.41. The van der Waals surface area contributed by atoms with Crippen LogP contribution in [0.4, 0.5) is 5.88 Å². The molecule has 0 unspecified atom stereocenters. The lowest BCUT2D eigenvalue weighted by Gasteiger charge is -2.08. The number of carbonyl (C=O) groups is 2. The molecule has 1 amide bonds. The van der Waals surface area contributed by atoms with Gasteiger partial charge in [-0.1, -0.05) is 18.2 Å². The number of nitrogens with zero attached hydrogens (tertiary/aromatic N) is 1. The molecule has 7 nitrogen and oxygen atoms in total. The minimum absolute atomic E-state index is 0.0215. The Hall–Kier alpha value is -3.27. The Morgan fingerprint density at radius 1 is 1.27 bits per heavy atom. The number of anilines is 1. The molecule has 2 rings (SSSR count). The van der Waals surface area contributed by atoms with E-state index in [-0.39, 0.29) is 35.1 Å². The average Bonchev–Trinajstić information content (AvgIpc) is 2.94. The number of benzene rings is 1. The van der Waals surface area contributed by atoms with Crippen molar-refractivity contribution in [1.82, 2.24) is 0 Å². The van der Waals surface area contributed by atoms with Gasteiger partial charge in [0.1, 0.15) is 28.7 Å². The molecule has 2 aromatic rings. The molecule has 26 heavy (non-hydrogen) atoms. The lowest BCUT2D eigenvalue weighted by atomic mass is 10.1. The maximum Gasteiger partial charge on any atom is 0.342 e. The maximum absolute atomic E-state index is 12.1. The molecule has 7 heteroatoms. The third-order valence-corrected chi connectivity index (χ3v) is 3.74. The molecule has 136 valence electrons. The number of carbonyl (C=O) groups excluding carboxylic acids is 2. The van der Waals surface area contributed by atoms with Gasteiger partial charge in [-0.3, -0.25) is 10.1 Å². The van der Waals surface area contributed by atoms with E-state index in [0.29, 0.717) is 13.0 Å². The van der Waals surface area contributed by atoms with Crippen LogP contribution in [-0.4, -0.2) is 25.6 Å². The summed E-state index contributed by atoms with van der Waals surface area (Å²) in [5, 5.41) is 11.8. The van der Waals surface area contributed by atoms with E-state index >= 15 is 0 Å². The lowest BCUT2D eigenvalue weighted by molar-refractivity contribution is -0.116. The van der Waals surface area contributed by atoms with Gasteiger partial charge < -0.3 is 13.9 Å². The van der Waals surface area contributed by atoms with E-state index in [1.807, 2.05) is 37.3 Å². The smallest absolute Gasteiger partial charge is 0.342 e. The highest BCUT2D eigenvalue weighted by Crippen LogP contribution is 2.27. The van der Waals surface area contributed by atoms with Crippen molar-refractivity contribution in [1.29, 1.82) is 5.26 Å². The summed E-state index contributed by atoms with van der Waals surface area (Å²) >= 11 is 0. The van der Waals surface area contributed by atoms with Gasteiger partial charge in [-0.05, 0) is 31.9 Å². The summed E-state index contributed by atoms with van der Waals surface area (Å²) in [4.78, 5) is 23.8. The molecule has 0 saturated heterocycles. The molecule has 0 aliphatic heterocycles. The largest absolute Gasteiger partial charge is 0.493 e. The number of para-hydroxylation sites is 1. The van der Waals surface area contributed by atoms with Crippen LogP contribution in [0.1, 0.15) is 40.1 Å². The van der Waals surface area contributed by atoms with Crippen LogP contribution in [0.25, 0.3) is 0 Å². The van der Waals surface area contributed by atoms with E-state index in [1.165, 1.54) is 14.0 Å². The summed E-state index contributed by atoms with van der Waals surface area (Å²) < 4.78 is 15.6. The van der Waals surface area contributed by atoms with Gasteiger partial charge >= 0.3 is 5.97 Å². The zero-order chi connectivity index (χ0) is 19.1. The zero-order valence-electron chi connectivity index (χ0n) is 14.9. The molecule has 0 aliphatic rings. The first-order valence-corrected chi connectivity index (χ1v) is 8.08. The summed E-state index contributed by atoms with van der Waals surface area (Å²) in [6.07, 6.45) is 0.676. The van der Waals surface area contributed by atoms with E-state index in [0.717, 1.165) is 11.3 Å². The van der Waals surface area contributed by atoms with Crippen LogP contribution >= 0.6 is 0 Å². The molecular formula is C19H20N2O5. The highest BCUT2D eigenvalue weighted by atomic mass is 16.5. The number of aryl methyl sites for hydroxylation is 2. The zero-order valence-corrected chi connectivity index (χ0v) is 14.9. The monoisotopic (exact) mass is 356 g/mol. The van der Waals surface area contributed by atoms with Crippen molar-refractivity contribution < 1.29 is 23.5 Å². The van der Waals surface area contributed by atoms with Gasteiger partial charge in [0.15, 0.2) is 0 Å². The Balaban J connectivity index is 1.91. The fraction of sp³-hybridized carbons (Fsp3) is 0.316. The highest BCUT2D eigenvalue weighted by Gasteiger charge is 2.25. The van der Waals surface area contributed by atoms with E-state index in [4.69, 9.17) is 9.15 Å². The topological polar surface area (TPSA) is 102 Å². The fourth-order valence-electron chi connectivity index (χ4n) is 2.41. The quantitative estimate of drug-likeness (QED) is 0.603. The molecule has 0 bridgehead atoms. The van der Waals surface area contributed by atoms with Crippen molar-refractivity contribution in [2.24, 2.45) is 0 Å². The standard InChI is InChI=1S/C19H20N2O5/c1-12-7-4-5-8-15(12)25-10-6-9-16(22)21-18-14(11-20)17(13(2)26-18)19(23)24-3/h4-5,7-8H,6,9-10H2,1-3H3,(H,21,22). The molecule has 1 heterocycles. The molecule has 0 fully saturated rings. The third kappa shape index (κ3) is 4.42. The number of hydrogen-bond donors (Lipinski definition) is 1. The van der Waals surface area contributed by atoms with Crippen LogP contribution in [0.3, 0.4) is 0 Å². The van der Waals surface area contributed by atoms with Crippen LogP contribution in [0.5, 0.6) is 5.75 Å². The van der Waals surface area contributed by atoms with Crippen LogP contribution in [-0.2, 0) is 9.53 Å².